The molecule has 0 aromatic heterocycles. The Balaban J connectivity index is 0.711. The molecule has 95 heavy (non-hydrogen) atoms. The molecule has 0 spiro atoms. The summed E-state index contributed by atoms with van der Waals surface area (Å²) < 4.78 is 0. The van der Waals surface area contributed by atoms with E-state index in [0.717, 1.165) is 199 Å². The number of nitrogens with one attached hydrogen (secondary N) is 3. The molecule has 16 aliphatic rings. The molecule has 4 aromatic carbocycles. The van der Waals surface area contributed by atoms with Crippen molar-refractivity contribution in [2.75, 3.05) is 19.6 Å². The van der Waals surface area contributed by atoms with Gasteiger partial charge in [0.15, 0.2) is 0 Å². The van der Waals surface area contributed by atoms with Crippen LogP contribution in [-0.4, -0.2) is 55.5 Å². The number of hydrogen-bond donors (Lipinski definition) is 6. The van der Waals surface area contributed by atoms with Gasteiger partial charge in [-0.1, -0.05) is 139 Å². The molecule has 0 aliphatic heterocycles. The maximum absolute atomic E-state index is 15.7. The van der Waals surface area contributed by atoms with E-state index in [0.29, 0.717) is 76.9 Å². The zero-order valence-electron chi connectivity index (χ0n) is 57.3. The van der Waals surface area contributed by atoms with E-state index in [-0.39, 0.29) is 45.2 Å². The topological polar surface area (TPSA) is 165 Å². The van der Waals surface area contributed by atoms with Crippen LogP contribution in [0.2, 0.25) is 0 Å². The molecule has 20 rings (SSSR count). The van der Waals surface area contributed by atoms with Crippen LogP contribution < -0.4 is 33.2 Å². The van der Waals surface area contributed by atoms with Gasteiger partial charge in [0.25, 0.3) is 0 Å². The standard InChI is InChI=1S/C86H110N6O3/c1-2-10-73-61-36-83(37-62(73)39-84(38-61,53-83)78(93)90-70-29-17-54(48-87)18-30-70)69-16-9-13-60(35-69)75(58-23-24-58)77-65-42-82(43-66(77)47-86(46-65,52-82)80(95)92-72-33-21-56(50-89)22-34-72)68-27-25-59(26-28-68)74(57-11-5-3-6-12-57)76-63-40-81(67-14-7-4-8-15-67)41-64(76)45-85(44-63,51-81)79(94)91-71-31-19-55(49-88)20-32-71/h3-16,25-28,35,54-56,58,61-66,70-72H,2,17-24,29-34,36-53,87-89H2,1H3,(H,90,93)(H,91,94)(H,92,95). The first-order valence-electron chi connectivity index (χ1n) is 38.8. The van der Waals surface area contributed by atoms with Gasteiger partial charge < -0.3 is 33.2 Å². The monoisotopic (exact) mass is 1270 g/mol. The van der Waals surface area contributed by atoms with E-state index >= 15 is 14.4 Å². The van der Waals surface area contributed by atoms with Crippen LogP contribution in [0.4, 0.5) is 0 Å². The summed E-state index contributed by atoms with van der Waals surface area (Å²) in [5.74, 6) is 5.45. The molecular weight excluding hydrogens is 1160 g/mol. The Hall–Kier alpha value is -5.61. The third-order valence-corrected chi connectivity index (χ3v) is 29.4. The van der Waals surface area contributed by atoms with Crippen LogP contribution in [-0.2, 0) is 30.6 Å². The second-order valence-electron chi connectivity index (χ2n) is 35.1. The quantitative estimate of drug-likeness (QED) is 0.0576. The lowest BCUT2D eigenvalue weighted by Crippen LogP contribution is -2.61. The SMILES string of the molecule is CCC=C1C2CC3(C(=O)NC4CCC(CN)CC4)CC1CC(c1cccc(C(=C4C5CC6(C(=O)NC7CCC(CN)CC7)CC4CC(c4ccc(C(=C7C8CC9(C(=O)NC%10CCC(CN)CC%10)CC7CC(c7ccccc7)(C8)C9)c7ccccc7)cc4)(C5)C6)C4CC4)c1)(C2)C3. The fraction of sp³-hybridized carbons (Fsp3) is 0.616. The molecule has 12 bridgehead atoms. The fourth-order valence-corrected chi connectivity index (χ4v) is 25.5. The third-order valence-electron chi connectivity index (χ3n) is 29.4. The maximum Gasteiger partial charge on any atom is 0.226 e. The number of carbonyl (C=O) groups is 3. The number of benzene rings is 4. The number of carbonyl (C=O) groups excluding carboxylic acids is 3. The second kappa shape index (κ2) is 24.4. The molecule has 16 fully saturated rings. The van der Waals surface area contributed by atoms with Crippen molar-refractivity contribution in [2.24, 2.45) is 92.6 Å². The van der Waals surface area contributed by atoms with E-state index in [1.54, 1.807) is 22.3 Å². The van der Waals surface area contributed by atoms with Gasteiger partial charge in [0.2, 0.25) is 17.7 Å². The van der Waals surface area contributed by atoms with Gasteiger partial charge in [0, 0.05) is 18.1 Å². The van der Waals surface area contributed by atoms with Crippen LogP contribution in [0.15, 0.2) is 132 Å². The van der Waals surface area contributed by atoms with Crippen LogP contribution >= 0.6 is 0 Å². The van der Waals surface area contributed by atoms with Crippen molar-refractivity contribution < 1.29 is 14.4 Å². The Labute approximate surface area is 567 Å². The minimum atomic E-state index is -0.421. The molecule has 502 valence electrons. The van der Waals surface area contributed by atoms with Crippen molar-refractivity contribution >= 4 is 28.9 Å². The summed E-state index contributed by atoms with van der Waals surface area (Å²) in [4.78, 5) is 45.9. The molecule has 9 N–H and O–H groups in total. The highest BCUT2D eigenvalue weighted by molar-refractivity contribution is 5.88. The van der Waals surface area contributed by atoms with Crippen LogP contribution in [0.25, 0.3) is 11.1 Å². The number of hydrogen-bond acceptors (Lipinski definition) is 6. The lowest BCUT2D eigenvalue weighted by atomic mass is 9.40. The average Bonchev–Trinajstić information content (AvgIpc) is 1.23. The Morgan fingerprint density at radius 1 is 0.400 bits per heavy atom. The highest BCUT2D eigenvalue weighted by atomic mass is 16.2. The number of rotatable bonds is 17. The smallest absolute Gasteiger partial charge is 0.226 e. The van der Waals surface area contributed by atoms with Gasteiger partial charge in [-0.3, -0.25) is 14.4 Å². The van der Waals surface area contributed by atoms with Crippen molar-refractivity contribution in [3.05, 3.63) is 165 Å². The lowest BCUT2D eigenvalue weighted by molar-refractivity contribution is -0.145. The number of nitrogens with two attached hydrogens (primary N) is 3. The molecule has 6 unspecified atom stereocenters. The lowest BCUT2D eigenvalue weighted by Gasteiger charge is -2.63. The number of allylic oxidation sites excluding steroid dienone is 5. The fourth-order valence-electron chi connectivity index (χ4n) is 25.5. The summed E-state index contributed by atoms with van der Waals surface area (Å²) in [7, 11) is 0. The van der Waals surface area contributed by atoms with Crippen molar-refractivity contribution in [3.63, 3.8) is 0 Å². The molecule has 0 saturated heterocycles. The van der Waals surface area contributed by atoms with Gasteiger partial charge >= 0.3 is 0 Å². The molecule has 3 amide bonds. The molecule has 16 aliphatic carbocycles. The summed E-state index contributed by atoms with van der Waals surface area (Å²) >= 11 is 0. The maximum atomic E-state index is 15.7. The van der Waals surface area contributed by atoms with E-state index in [1.807, 2.05) is 0 Å². The molecule has 0 heterocycles. The van der Waals surface area contributed by atoms with E-state index in [2.05, 4.69) is 138 Å². The largest absolute Gasteiger partial charge is 0.353 e. The molecule has 9 heteroatoms. The summed E-state index contributed by atoms with van der Waals surface area (Å²) in [5.41, 5.74) is 33.5. The van der Waals surface area contributed by atoms with E-state index in [1.165, 1.54) is 51.8 Å². The summed E-state index contributed by atoms with van der Waals surface area (Å²) in [6, 6.07) is 43.4. The summed E-state index contributed by atoms with van der Waals surface area (Å²) in [6.45, 7) is 4.53. The molecule has 4 aromatic rings. The van der Waals surface area contributed by atoms with E-state index in [4.69, 9.17) is 17.2 Å². The molecular formula is C86H110N6O3. The highest BCUT2D eigenvalue weighted by Crippen LogP contribution is 2.72. The second-order valence-corrected chi connectivity index (χ2v) is 35.1. The van der Waals surface area contributed by atoms with Gasteiger partial charge in [-0.25, -0.2) is 0 Å². The van der Waals surface area contributed by atoms with Gasteiger partial charge in [0.05, 0.1) is 16.2 Å². The Bertz CT molecular complexity index is 3610. The van der Waals surface area contributed by atoms with Crippen LogP contribution in [0, 0.1) is 75.4 Å². The first kappa shape index (κ1) is 62.9. The normalized spacial score (nSPS) is 39.4. The van der Waals surface area contributed by atoms with E-state index < -0.39 is 5.41 Å². The van der Waals surface area contributed by atoms with Crippen molar-refractivity contribution in [1.82, 2.24) is 16.0 Å². The predicted octanol–water partition coefficient (Wildman–Crippen LogP) is 15.6. The Morgan fingerprint density at radius 3 is 1.20 bits per heavy atom. The first-order chi connectivity index (χ1) is 46.3. The first-order valence-corrected chi connectivity index (χ1v) is 38.8. The minimum Gasteiger partial charge on any atom is -0.353 e. The summed E-state index contributed by atoms with van der Waals surface area (Å²) in [6.07, 6.45) is 34.1. The molecule has 16 saturated carbocycles. The van der Waals surface area contributed by atoms with Gasteiger partial charge in [-0.15, -0.1) is 0 Å². The molecule has 6 atom stereocenters. The van der Waals surface area contributed by atoms with Crippen molar-refractivity contribution in [3.8, 4) is 0 Å². The number of amides is 3. The van der Waals surface area contributed by atoms with Crippen LogP contribution in [0.1, 0.15) is 233 Å². The van der Waals surface area contributed by atoms with Crippen molar-refractivity contribution in [2.45, 2.75) is 234 Å². The minimum absolute atomic E-state index is 0.0219. The highest BCUT2D eigenvalue weighted by Gasteiger charge is 2.67. The predicted molar refractivity (Wildman–Crippen MR) is 381 cm³/mol. The zero-order valence-corrected chi connectivity index (χ0v) is 57.3. The summed E-state index contributed by atoms with van der Waals surface area (Å²) in [5, 5.41) is 11.2. The molecule has 9 nitrogen and oxygen atoms in total. The van der Waals surface area contributed by atoms with Crippen LogP contribution in [0.3, 0.4) is 0 Å². The Kier molecular flexibility index (Phi) is 16.1. The van der Waals surface area contributed by atoms with Gasteiger partial charge in [0.1, 0.15) is 0 Å². The van der Waals surface area contributed by atoms with E-state index in [9.17, 15) is 0 Å². The van der Waals surface area contributed by atoms with Crippen molar-refractivity contribution in [1.29, 1.82) is 0 Å². The Morgan fingerprint density at radius 2 is 0.768 bits per heavy atom. The van der Waals surface area contributed by atoms with Crippen LogP contribution in [0.5, 0.6) is 0 Å². The molecule has 0 radical (unpaired) electrons. The third kappa shape index (κ3) is 10.9. The van der Waals surface area contributed by atoms with Gasteiger partial charge in [-0.05, 0) is 332 Å². The zero-order chi connectivity index (χ0) is 64.5. The van der Waals surface area contributed by atoms with Gasteiger partial charge in [-0.2, -0.15) is 0 Å². The average molecular weight is 1280 g/mol.